The summed E-state index contributed by atoms with van der Waals surface area (Å²) in [6.07, 6.45) is 7.89. The number of rotatable bonds is 5. The molecule has 2 atom stereocenters. The Hall–Kier alpha value is -2.07. The molecule has 140 valence electrons. The third-order valence-corrected chi connectivity index (χ3v) is 7.18. The summed E-state index contributed by atoms with van der Waals surface area (Å²) in [6, 6.07) is 0.111. The minimum Gasteiger partial charge on any atom is -0.463 e. The number of hydrogen-bond donors (Lipinski definition) is 0. The molecule has 0 N–H and O–H groups in total. The van der Waals surface area contributed by atoms with Crippen molar-refractivity contribution >= 4 is 10.0 Å². The number of halogens is 1. The van der Waals surface area contributed by atoms with Crippen LogP contribution in [0, 0.1) is 17.2 Å². The van der Waals surface area contributed by atoms with Crippen LogP contribution in [0.15, 0.2) is 29.7 Å². The minimum atomic E-state index is -3.57. The molecule has 0 bridgehead atoms. The van der Waals surface area contributed by atoms with Gasteiger partial charge in [0.15, 0.2) is 5.82 Å². The van der Waals surface area contributed by atoms with Gasteiger partial charge in [-0.05, 0) is 18.8 Å². The molecule has 1 saturated heterocycles. The van der Waals surface area contributed by atoms with Crippen molar-refractivity contribution in [1.82, 2.24) is 24.1 Å². The van der Waals surface area contributed by atoms with Crippen molar-refractivity contribution in [2.24, 2.45) is 18.4 Å². The van der Waals surface area contributed by atoms with Crippen LogP contribution in [-0.4, -0.2) is 52.2 Å². The number of nitrogens with zero attached hydrogens (tertiary/aromatic N) is 5. The topological polar surface area (TPSA) is 90.2 Å². The Morgan fingerprint density at radius 1 is 1.35 bits per heavy atom. The van der Waals surface area contributed by atoms with Crippen molar-refractivity contribution in [3.8, 4) is 6.01 Å². The fraction of sp³-hybridized carbons (Fsp3) is 0.562. The molecule has 8 nitrogen and oxygen atoms in total. The maximum absolute atomic E-state index is 12.9. The van der Waals surface area contributed by atoms with E-state index in [2.05, 4.69) is 15.1 Å². The van der Waals surface area contributed by atoms with E-state index in [9.17, 15) is 12.8 Å². The van der Waals surface area contributed by atoms with E-state index in [0.29, 0.717) is 19.7 Å². The van der Waals surface area contributed by atoms with Crippen molar-refractivity contribution in [3.63, 3.8) is 0 Å². The molecule has 2 unspecified atom stereocenters. The first-order valence-electron chi connectivity index (χ1n) is 8.48. The molecule has 3 heterocycles. The van der Waals surface area contributed by atoms with Gasteiger partial charge in [-0.3, -0.25) is 4.68 Å². The van der Waals surface area contributed by atoms with Gasteiger partial charge in [0.2, 0.25) is 10.0 Å². The lowest BCUT2D eigenvalue weighted by Gasteiger charge is -2.28. The normalized spacial score (nSPS) is 26.2. The quantitative estimate of drug-likeness (QED) is 0.774. The summed E-state index contributed by atoms with van der Waals surface area (Å²) in [5, 5.41) is 3.97. The van der Waals surface area contributed by atoms with Gasteiger partial charge in [-0.25, -0.2) is 22.8 Å². The Bertz CT molecular complexity index is 901. The van der Waals surface area contributed by atoms with Gasteiger partial charge in [-0.2, -0.15) is 9.40 Å². The van der Waals surface area contributed by atoms with Gasteiger partial charge in [-0.15, -0.1) is 0 Å². The second-order valence-electron chi connectivity index (χ2n) is 7.07. The summed E-state index contributed by atoms with van der Waals surface area (Å²) in [5.41, 5.74) is -0.257. The lowest BCUT2D eigenvalue weighted by molar-refractivity contribution is 0.125. The predicted octanol–water partition coefficient (Wildman–Crippen LogP) is 1.22. The molecular weight excluding hydrogens is 361 g/mol. The van der Waals surface area contributed by atoms with Gasteiger partial charge in [-0.1, -0.05) is 6.42 Å². The monoisotopic (exact) mass is 381 g/mol. The first-order chi connectivity index (χ1) is 12.4. The van der Waals surface area contributed by atoms with Crippen LogP contribution in [0.5, 0.6) is 6.01 Å². The van der Waals surface area contributed by atoms with Crippen LogP contribution in [0.2, 0.25) is 0 Å². The zero-order chi connectivity index (χ0) is 18.4. The average molecular weight is 381 g/mol. The Labute approximate surface area is 151 Å². The number of aromatic nitrogens is 4. The van der Waals surface area contributed by atoms with E-state index in [-0.39, 0.29) is 22.2 Å². The summed E-state index contributed by atoms with van der Waals surface area (Å²) in [7, 11) is -1.88. The van der Waals surface area contributed by atoms with Crippen LogP contribution in [0.3, 0.4) is 0 Å². The molecule has 2 aromatic heterocycles. The smallest absolute Gasteiger partial charge is 0.316 e. The Morgan fingerprint density at radius 3 is 2.81 bits per heavy atom. The van der Waals surface area contributed by atoms with Crippen molar-refractivity contribution in [1.29, 1.82) is 0 Å². The van der Waals surface area contributed by atoms with Crippen molar-refractivity contribution in [2.75, 3.05) is 19.7 Å². The highest BCUT2D eigenvalue weighted by atomic mass is 32.2. The molecular formula is C16H20FN5O3S. The molecule has 2 aromatic rings. The van der Waals surface area contributed by atoms with Crippen molar-refractivity contribution < 1.29 is 17.5 Å². The number of aryl methyl sites for hydroxylation is 1. The molecule has 4 rings (SSSR count). The van der Waals surface area contributed by atoms with Crippen molar-refractivity contribution in [3.05, 3.63) is 30.6 Å². The average Bonchev–Trinajstić information content (AvgIpc) is 3.28. The van der Waals surface area contributed by atoms with E-state index in [0.717, 1.165) is 31.7 Å². The molecule has 0 aromatic carbocycles. The second kappa shape index (κ2) is 6.27. The molecule has 1 aliphatic carbocycles. The maximum atomic E-state index is 12.9. The zero-order valence-electron chi connectivity index (χ0n) is 14.4. The summed E-state index contributed by atoms with van der Waals surface area (Å²) in [4.78, 5) is 7.84. The first kappa shape index (κ1) is 17.3. The molecule has 26 heavy (non-hydrogen) atoms. The highest BCUT2D eigenvalue weighted by molar-refractivity contribution is 7.89. The lowest BCUT2D eigenvalue weighted by Crippen LogP contribution is -2.35. The van der Waals surface area contributed by atoms with E-state index in [1.54, 1.807) is 7.05 Å². The van der Waals surface area contributed by atoms with E-state index < -0.39 is 15.8 Å². The van der Waals surface area contributed by atoms with Gasteiger partial charge in [0.25, 0.3) is 0 Å². The van der Waals surface area contributed by atoms with Gasteiger partial charge in [0.1, 0.15) is 4.90 Å². The number of ether oxygens (including phenoxy) is 1. The highest BCUT2D eigenvalue weighted by Crippen LogP contribution is 2.50. The van der Waals surface area contributed by atoms with Crippen LogP contribution in [0.1, 0.15) is 19.3 Å². The van der Waals surface area contributed by atoms with Crippen molar-refractivity contribution in [2.45, 2.75) is 24.2 Å². The molecule has 0 amide bonds. The molecule has 10 heteroatoms. The summed E-state index contributed by atoms with van der Waals surface area (Å²) in [6.45, 7) is 1.20. The molecule has 1 aliphatic heterocycles. The van der Waals surface area contributed by atoms with Crippen LogP contribution in [-0.2, 0) is 17.1 Å². The predicted molar refractivity (Wildman–Crippen MR) is 89.2 cm³/mol. The Balaban J connectivity index is 1.52. The molecule has 0 radical (unpaired) electrons. The standard InChI is InChI=1S/C16H20FN5O3S/c1-21-9-14(7-20-21)26(23,24)22-8-12-3-2-4-16(12,10-22)11-25-15-18-5-13(17)6-19-15/h5-7,9,12H,2-4,8,10-11H2,1H3. The first-order valence-corrected chi connectivity index (χ1v) is 9.92. The Morgan fingerprint density at radius 2 is 2.12 bits per heavy atom. The summed E-state index contributed by atoms with van der Waals surface area (Å²) >= 11 is 0. The van der Waals surface area contributed by atoms with Gasteiger partial charge >= 0.3 is 6.01 Å². The van der Waals surface area contributed by atoms with Gasteiger partial charge in [0.05, 0.1) is 25.2 Å². The van der Waals surface area contributed by atoms with E-state index in [4.69, 9.17) is 4.74 Å². The van der Waals surface area contributed by atoms with Crippen LogP contribution < -0.4 is 4.74 Å². The second-order valence-corrected chi connectivity index (χ2v) is 9.01. The third-order valence-electron chi connectivity index (χ3n) is 5.41. The molecule has 1 saturated carbocycles. The number of sulfonamides is 1. The minimum absolute atomic E-state index is 0.111. The SMILES string of the molecule is Cn1cc(S(=O)(=O)N2CC3CCCC3(COc3ncc(F)cn3)C2)cn1. The lowest BCUT2D eigenvalue weighted by atomic mass is 9.82. The Kier molecular flexibility index (Phi) is 4.19. The molecule has 2 fully saturated rings. The van der Waals surface area contributed by atoms with E-state index in [1.807, 2.05) is 0 Å². The van der Waals surface area contributed by atoms with Gasteiger partial charge < -0.3 is 4.74 Å². The molecule has 2 aliphatic rings. The van der Waals surface area contributed by atoms with Crippen LogP contribution >= 0.6 is 0 Å². The number of hydrogen-bond acceptors (Lipinski definition) is 6. The largest absolute Gasteiger partial charge is 0.463 e. The molecule has 0 spiro atoms. The van der Waals surface area contributed by atoms with Crippen LogP contribution in [0.25, 0.3) is 0 Å². The van der Waals surface area contributed by atoms with E-state index >= 15 is 0 Å². The fourth-order valence-corrected chi connectivity index (χ4v) is 5.62. The highest BCUT2D eigenvalue weighted by Gasteiger charge is 2.53. The summed E-state index contributed by atoms with van der Waals surface area (Å²) in [5.74, 6) is -0.293. The number of fused-ring (bicyclic) bond motifs is 1. The third kappa shape index (κ3) is 2.96. The van der Waals surface area contributed by atoms with E-state index in [1.165, 1.54) is 21.4 Å². The summed E-state index contributed by atoms with van der Waals surface area (Å²) < 4.78 is 47.4. The fourth-order valence-electron chi connectivity index (χ4n) is 4.05. The maximum Gasteiger partial charge on any atom is 0.316 e. The van der Waals surface area contributed by atoms with Gasteiger partial charge in [0, 0.05) is 31.7 Å². The van der Waals surface area contributed by atoms with Crippen LogP contribution in [0.4, 0.5) is 4.39 Å². The zero-order valence-corrected chi connectivity index (χ0v) is 15.2.